The largest absolute Gasteiger partial charge is 0.478 e. The van der Waals surface area contributed by atoms with Crippen LogP contribution in [0.25, 0.3) is 11.2 Å². The average Bonchev–Trinajstić information content (AvgIpc) is 3.14. The van der Waals surface area contributed by atoms with E-state index in [2.05, 4.69) is 41.1 Å². The highest BCUT2D eigenvalue weighted by molar-refractivity contribution is 5.92. The second-order valence-electron chi connectivity index (χ2n) is 6.80. The Morgan fingerprint density at radius 2 is 2.21 bits per heavy atom. The smallest absolute Gasteiger partial charge is 0.328 e. The van der Waals surface area contributed by atoms with Crippen molar-refractivity contribution in [3.63, 3.8) is 0 Å². The number of methoxy groups -OCH3 is 1. The van der Waals surface area contributed by atoms with Gasteiger partial charge in [0.1, 0.15) is 12.0 Å². The first-order valence-electron chi connectivity index (χ1n) is 9.19. The molecule has 12 heteroatoms. The molecule has 0 spiro atoms. The summed E-state index contributed by atoms with van der Waals surface area (Å²) in [7, 11) is 3.23. The molecule has 150 valence electrons. The van der Waals surface area contributed by atoms with Crippen LogP contribution in [0.5, 0.6) is 5.88 Å². The van der Waals surface area contributed by atoms with Crippen molar-refractivity contribution in [1.29, 1.82) is 0 Å². The number of ether oxygens (including phenoxy) is 2. The van der Waals surface area contributed by atoms with E-state index in [9.17, 15) is 4.79 Å². The molecular formula is C17H19N9O3. The maximum atomic E-state index is 12.8. The fourth-order valence-electron chi connectivity index (χ4n) is 3.39. The molecule has 12 nitrogen and oxygen atoms in total. The van der Waals surface area contributed by atoms with Gasteiger partial charge in [-0.3, -0.25) is 0 Å². The Morgan fingerprint density at radius 3 is 2.97 bits per heavy atom. The van der Waals surface area contributed by atoms with Gasteiger partial charge in [-0.2, -0.15) is 9.97 Å². The number of fused-ring (bicyclic) bond motifs is 4. The third-order valence-electron chi connectivity index (χ3n) is 5.07. The zero-order valence-electron chi connectivity index (χ0n) is 15.8. The van der Waals surface area contributed by atoms with Gasteiger partial charge in [0.2, 0.25) is 5.95 Å². The number of nitrogens with one attached hydrogen (secondary N) is 3. The number of aromatic nitrogens is 6. The molecule has 3 aromatic heterocycles. The minimum Gasteiger partial charge on any atom is -0.478 e. The van der Waals surface area contributed by atoms with Gasteiger partial charge in [-0.25, -0.2) is 14.3 Å². The zero-order chi connectivity index (χ0) is 20.0. The molecule has 1 aliphatic carbocycles. The fourth-order valence-corrected chi connectivity index (χ4v) is 3.39. The van der Waals surface area contributed by atoms with Crippen LogP contribution in [-0.2, 0) is 11.3 Å². The lowest BCUT2D eigenvalue weighted by Crippen LogP contribution is -2.52. The van der Waals surface area contributed by atoms with E-state index in [0.29, 0.717) is 34.2 Å². The molecule has 4 heterocycles. The molecule has 1 amide bonds. The molecule has 0 aromatic carbocycles. The summed E-state index contributed by atoms with van der Waals surface area (Å²) in [6.07, 6.45) is 3.05. The maximum absolute atomic E-state index is 12.8. The number of hydrogen-bond donors (Lipinski definition) is 3. The molecule has 29 heavy (non-hydrogen) atoms. The molecule has 0 unspecified atom stereocenters. The first-order valence-corrected chi connectivity index (χ1v) is 9.19. The number of rotatable bonds is 2. The number of carbonyl (C=O) groups excluding carboxylic acids is 1. The van der Waals surface area contributed by atoms with Crippen molar-refractivity contribution in [2.75, 3.05) is 24.8 Å². The summed E-state index contributed by atoms with van der Waals surface area (Å²) in [5.41, 5.74) is 2.03. The summed E-state index contributed by atoms with van der Waals surface area (Å²) in [6, 6.07) is 1.38. The molecule has 0 radical (unpaired) electrons. The van der Waals surface area contributed by atoms with Crippen LogP contribution in [0.1, 0.15) is 18.5 Å². The van der Waals surface area contributed by atoms with Crippen LogP contribution < -0.4 is 20.7 Å². The Morgan fingerprint density at radius 1 is 1.31 bits per heavy atom. The quantitative estimate of drug-likeness (QED) is 0.574. The monoisotopic (exact) mass is 397 g/mol. The lowest BCUT2D eigenvalue weighted by Gasteiger charge is -2.36. The Kier molecular flexibility index (Phi) is 4.12. The average molecular weight is 397 g/mol. The first kappa shape index (κ1) is 17.6. The molecule has 2 atom stereocenters. The molecule has 1 fully saturated rings. The van der Waals surface area contributed by atoms with Crippen LogP contribution in [-0.4, -0.2) is 62.1 Å². The van der Waals surface area contributed by atoms with Gasteiger partial charge in [-0.15, -0.1) is 10.2 Å². The molecule has 1 saturated carbocycles. The minimum absolute atomic E-state index is 0.0863. The van der Waals surface area contributed by atoms with Crippen LogP contribution >= 0.6 is 0 Å². The minimum atomic E-state index is -0.314. The Balaban J connectivity index is 1.66. The van der Waals surface area contributed by atoms with E-state index in [1.54, 1.807) is 13.1 Å². The third-order valence-corrected chi connectivity index (χ3v) is 5.07. The fraction of sp³-hybridized carbons (Fsp3) is 0.412. The van der Waals surface area contributed by atoms with Gasteiger partial charge in [-0.1, -0.05) is 0 Å². The third kappa shape index (κ3) is 2.97. The van der Waals surface area contributed by atoms with E-state index in [0.717, 1.165) is 12.8 Å². The molecular weight excluding hydrogens is 378 g/mol. The number of carbonyl (C=O) groups is 1. The van der Waals surface area contributed by atoms with Crippen LogP contribution in [0.2, 0.25) is 0 Å². The zero-order valence-corrected chi connectivity index (χ0v) is 15.8. The Bertz CT molecular complexity index is 1100. The highest BCUT2D eigenvalue weighted by Gasteiger charge is 2.34. The van der Waals surface area contributed by atoms with Gasteiger partial charge >= 0.3 is 6.03 Å². The van der Waals surface area contributed by atoms with Crippen molar-refractivity contribution < 1.29 is 14.3 Å². The molecule has 5 rings (SSSR count). The van der Waals surface area contributed by atoms with Crippen molar-refractivity contribution in [2.45, 2.75) is 31.6 Å². The predicted octanol–water partition coefficient (Wildman–Crippen LogP) is 1.03. The van der Waals surface area contributed by atoms with Gasteiger partial charge in [-0.05, 0) is 18.9 Å². The van der Waals surface area contributed by atoms with Gasteiger partial charge < -0.3 is 25.4 Å². The maximum Gasteiger partial charge on any atom is 0.328 e. The summed E-state index contributed by atoms with van der Waals surface area (Å²) in [5.74, 6) is 1.04. The van der Waals surface area contributed by atoms with E-state index in [-0.39, 0.29) is 30.7 Å². The summed E-state index contributed by atoms with van der Waals surface area (Å²) in [6.45, 7) is 0.265. The standard InChI is InChI=1S/C17H19N9O3/c1-18-13-12-14-23-16(22-13)20-10-5-8(24-25-15(10)28-2)6-29-11-4-3-9(11)21-17(27)26(14)7-19-12/h5,7,9,11H,3-4,6H2,1-2H3,(H,21,27)(H2,18,20,22,23)/t9-,11-/m1/s1. The van der Waals surface area contributed by atoms with Crippen molar-refractivity contribution in [3.05, 3.63) is 18.1 Å². The summed E-state index contributed by atoms with van der Waals surface area (Å²) in [5, 5.41) is 17.3. The molecule has 3 N–H and O–H groups in total. The van der Waals surface area contributed by atoms with Crippen LogP contribution in [0.3, 0.4) is 0 Å². The van der Waals surface area contributed by atoms with Gasteiger partial charge in [0.25, 0.3) is 5.88 Å². The van der Waals surface area contributed by atoms with Crippen LogP contribution in [0.15, 0.2) is 12.4 Å². The molecule has 2 aliphatic rings. The number of amides is 1. The second-order valence-corrected chi connectivity index (χ2v) is 6.80. The number of hydrogen-bond acceptors (Lipinski definition) is 10. The topological polar surface area (TPSA) is 141 Å². The van der Waals surface area contributed by atoms with E-state index < -0.39 is 0 Å². The number of anilines is 3. The van der Waals surface area contributed by atoms with Crippen molar-refractivity contribution >= 4 is 34.6 Å². The SMILES string of the molecule is CNc1nc2nc3c1ncn3C(=O)N[C@@H]1CC[C@H]1OCc1cc(c(OC)nn1)N2. The molecule has 3 aromatic rings. The van der Waals surface area contributed by atoms with Crippen LogP contribution in [0.4, 0.5) is 22.2 Å². The van der Waals surface area contributed by atoms with E-state index >= 15 is 0 Å². The highest BCUT2D eigenvalue weighted by Crippen LogP contribution is 2.29. The molecule has 1 aliphatic heterocycles. The van der Waals surface area contributed by atoms with Gasteiger partial charge in [0, 0.05) is 7.05 Å². The van der Waals surface area contributed by atoms with Crippen LogP contribution in [0, 0.1) is 0 Å². The summed E-state index contributed by atoms with van der Waals surface area (Å²) >= 11 is 0. The van der Waals surface area contributed by atoms with Crippen molar-refractivity contribution in [1.82, 2.24) is 35.0 Å². The van der Waals surface area contributed by atoms with E-state index in [4.69, 9.17) is 9.47 Å². The lowest BCUT2D eigenvalue weighted by molar-refractivity contribution is -0.0337. The first-order chi connectivity index (χ1) is 14.2. The Labute approximate surface area is 165 Å². The predicted molar refractivity (Wildman–Crippen MR) is 102 cm³/mol. The normalized spacial score (nSPS) is 20.8. The van der Waals surface area contributed by atoms with E-state index in [1.165, 1.54) is 18.0 Å². The van der Waals surface area contributed by atoms with Crippen molar-refractivity contribution in [3.8, 4) is 5.88 Å². The summed E-state index contributed by atoms with van der Waals surface area (Å²) in [4.78, 5) is 26.1. The highest BCUT2D eigenvalue weighted by atomic mass is 16.5. The summed E-state index contributed by atoms with van der Waals surface area (Å²) < 4.78 is 12.6. The van der Waals surface area contributed by atoms with Crippen molar-refractivity contribution in [2.24, 2.45) is 0 Å². The van der Waals surface area contributed by atoms with E-state index in [1.807, 2.05) is 0 Å². The van der Waals surface area contributed by atoms with Gasteiger partial charge in [0.05, 0.1) is 31.6 Å². The molecule has 0 saturated heterocycles. The Hall–Kier alpha value is -3.54. The lowest BCUT2D eigenvalue weighted by atomic mass is 9.89. The van der Waals surface area contributed by atoms with Gasteiger partial charge in [0.15, 0.2) is 17.0 Å². The number of imidazole rings is 1. The molecule has 4 bridgehead atoms. The second kappa shape index (κ2) is 6.81. The number of nitrogens with zero attached hydrogens (tertiary/aromatic N) is 6.